The summed E-state index contributed by atoms with van der Waals surface area (Å²) in [4.78, 5) is 1.27. The van der Waals surface area contributed by atoms with Crippen LogP contribution >= 0.6 is 22.7 Å². The Balaban J connectivity index is 1.83. The molecule has 2 nitrogen and oxygen atoms in total. The molecule has 0 spiro atoms. The lowest BCUT2D eigenvalue weighted by Gasteiger charge is -2.04. The molecule has 112 valence electrons. The summed E-state index contributed by atoms with van der Waals surface area (Å²) in [6, 6.07) is 25.0. The molecule has 4 heteroatoms. The van der Waals surface area contributed by atoms with Gasteiger partial charge in [-0.05, 0) is 35.7 Å². The number of nitrogens with one attached hydrogen (secondary N) is 1. The minimum atomic E-state index is 1.09. The van der Waals surface area contributed by atoms with Crippen molar-refractivity contribution in [1.29, 1.82) is 0 Å². The number of thiazole rings is 1. The molecule has 4 aromatic rings. The number of anilines is 2. The predicted octanol–water partition coefficient (Wildman–Crippen LogP) is 5.50. The lowest BCUT2D eigenvalue weighted by Crippen LogP contribution is -2.33. The Bertz CT molecular complexity index is 882. The first-order valence-electron chi connectivity index (χ1n) is 7.37. The molecule has 0 aliphatic carbocycles. The maximum absolute atomic E-state index is 3.54. The SMILES string of the molecule is c1ccc(Nc2scc(-c3cccs3)[n+]2-c2ccccc2)cc1. The summed E-state index contributed by atoms with van der Waals surface area (Å²) in [7, 11) is 0. The minimum absolute atomic E-state index is 1.09. The van der Waals surface area contributed by atoms with E-state index in [9.17, 15) is 0 Å². The average Bonchev–Trinajstić information content (AvgIpc) is 3.26. The van der Waals surface area contributed by atoms with Gasteiger partial charge in [0.2, 0.25) is 0 Å². The molecule has 2 aromatic carbocycles. The molecule has 2 aromatic heterocycles. The van der Waals surface area contributed by atoms with E-state index in [0.29, 0.717) is 0 Å². The van der Waals surface area contributed by atoms with Gasteiger partial charge in [-0.3, -0.25) is 0 Å². The molecule has 4 rings (SSSR count). The minimum Gasteiger partial charge on any atom is -0.231 e. The van der Waals surface area contributed by atoms with Crippen LogP contribution in [0.2, 0.25) is 0 Å². The smallest absolute Gasteiger partial charge is 0.231 e. The van der Waals surface area contributed by atoms with Crippen LogP contribution in [0.25, 0.3) is 16.3 Å². The number of aromatic nitrogens is 1. The van der Waals surface area contributed by atoms with E-state index >= 15 is 0 Å². The van der Waals surface area contributed by atoms with Crippen molar-refractivity contribution in [3.8, 4) is 16.3 Å². The summed E-state index contributed by atoms with van der Waals surface area (Å²) in [5.41, 5.74) is 3.47. The maximum atomic E-state index is 3.54. The van der Waals surface area contributed by atoms with E-state index in [4.69, 9.17) is 0 Å². The molecule has 0 fully saturated rings. The lowest BCUT2D eigenvalue weighted by atomic mass is 10.3. The summed E-state index contributed by atoms with van der Waals surface area (Å²) in [5, 5.41) is 8.97. The van der Waals surface area contributed by atoms with E-state index in [1.165, 1.54) is 10.6 Å². The fourth-order valence-corrected chi connectivity index (χ4v) is 4.23. The van der Waals surface area contributed by atoms with Gasteiger partial charge in [-0.2, -0.15) is 4.57 Å². The van der Waals surface area contributed by atoms with Crippen LogP contribution in [0.3, 0.4) is 0 Å². The number of para-hydroxylation sites is 2. The first-order chi connectivity index (χ1) is 11.4. The summed E-state index contributed by atoms with van der Waals surface area (Å²) in [6.45, 7) is 0. The van der Waals surface area contributed by atoms with E-state index in [2.05, 4.69) is 69.2 Å². The molecule has 0 aliphatic heterocycles. The fraction of sp³-hybridized carbons (Fsp3) is 0. The predicted molar refractivity (Wildman–Crippen MR) is 98.9 cm³/mol. The standard InChI is InChI=1S/C19H14N2S2/c1-3-8-15(9-4-1)20-19-21(16-10-5-2-6-11-16)17(14-23-19)18-12-7-13-22-18/h1-14H/p+1. The van der Waals surface area contributed by atoms with Gasteiger partial charge in [0, 0.05) is 5.38 Å². The third kappa shape index (κ3) is 2.91. The van der Waals surface area contributed by atoms with Gasteiger partial charge in [-0.25, -0.2) is 5.32 Å². The van der Waals surface area contributed by atoms with Gasteiger partial charge in [-0.1, -0.05) is 53.8 Å². The Morgan fingerprint density at radius 3 is 2.17 bits per heavy atom. The number of hydrogen-bond acceptors (Lipinski definition) is 3. The summed E-state index contributed by atoms with van der Waals surface area (Å²) >= 11 is 3.49. The second kappa shape index (κ2) is 6.36. The molecule has 0 saturated heterocycles. The number of thiophene rings is 1. The van der Waals surface area contributed by atoms with Gasteiger partial charge < -0.3 is 0 Å². The zero-order valence-corrected chi connectivity index (χ0v) is 14.0. The van der Waals surface area contributed by atoms with Crippen molar-refractivity contribution < 1.29 is 4.57 Å². The van der Waals surface area contributed by atoms with E-state index < -0.39 is 0 Å². The molecule has 2 heterocycles. The van der Waals surface area contributed by atoms with Crippen molar-refractivity contribution in [2.24, 2.45) is 0 Å². The summed E-state index contributed by atoms with van der Waals surface area (Å²) in [5.74, 6) is 0. The zero-order chi connectivity index (χ0) is 15.5. The summed E-state index contributed by atoms with van der Waals surface area (Å²) in [6.07, 6.45) is 0. The van der Waals surface area contributed by atoms with Crippen LogP contribution in [-0.2, 0) is 0 Å². The van der Waals surface area contributed by atoms with E-state index in [1.54, 1.807) is 22.7 Å². The molecule has 1 N–H and O–H groups in total. The topological polar surface area (TPSA) is 15.9 Å². The van der Waals surface area contributed by atoms with Gasteiger partial charge in [0.05, 0.1) is 4.88 Å². The van der Waals surface area contributed by atoms with Crippen molar-refractivity contribution >= 4 is 33.5 Å². The van der Waals surface area contributed by atoms with Crippen molar-refractivity contribution in [3.05, 3.63) is 83.6 Å². The van der Waals surface area contributed by atoms with Crippen LogP contribution in [0.1, 0.15) is 0 Å². The molecular formula is C19H15N2S2+. The van der Waals surface area contributed by atoms with Gasteiger partial charge in [0.1, 0.15) is 11.4 Å². The molecule has 0 amide bonds. The highest BCUT2D eigenvalue weighted by atomic mass is 32.1. The highest BCUT2D eigenvalue weighted by molar-refractivity contribution is 7.15. The Hall–Kier alpha value is -2.43. The molecule has 0 unspecified atom stereocenters. The van der Waals surface area contributed by atoms with Crippen molar-refractivity contribution in [2.75, 3.05) is 5.32 Å². The van der Waals surface area contributed by atoms with Crippen LogP contribution in [-0.4, -0.2) is 0 Å². The maximum Gasteiger partial charge on any atom is 0.344 e. The van der Waals surface area contributed by atoms with Gasteiger partial charge >= 0.3 is 5.13 Å². The van der Waals surface area contributed by atoms with Gasteiger partial charge in [-0.15, -0.1) is 11.3 Å². The van der Waals surface area contributed by atoms with Crippen LogP contribution in [0.15, 0.2) is 83.6 Å². The monoisotopic (exact) mass is 335 g/mol. The molecule has 23 heavy (non-hydrogen) atoms. The fourth-order valence-electron chi connectivity index (χ4n) is 2.48. The number of hydrogen-bond donors (Lipinski definition) is 1. The second-order valence-corrected chi connectivity index (χ2v) is 6.87. The van der Waals surface area contributed by atoms with Crippen LogP contribution in [0, 0.1) is 0 Å². The highest BCUT2D eigenvalue weighted by Gasteiger charge is 2.21. The number of nitrogens with zero attached hydrogens (tertiary/aromatic N) is 1. The number of rotatable bonds is 4. The Morgan fingerprint density at radius 1 is 0.739 bits per heavy atom. The van der Waals surface area contributed by atoms with E-state index in [-0.39, 0.29) is 0 Å². The van der Waals surface area contributed by atoms with Crippen LogP contribution < -0.4 is 9.88 Å². The normalized spacial score (nSPS) is 10.6. The molecule has 0 saturated carbocycles. The second-order valence-electron chi connectivity index (χ2n) is 5.07. The van der Waals surface area contributed by atoms with Crippen molar-refractivity contribution in [1.82, 2.24) is 0 Å². The molecule has 0 bridgehead atoms. The van der Waals surface area contributed by atoms with Crippen molar-refractivity contribution in [3.63, 3.8) is 0 Å². The number of benzene rings is 2. The third-order valence-electron chi connectivity index (χ3n) is 3.54. The zero-order valence-electron chi connectivity index (χ0n) is 12.3. The van der Waals surface area contributed by atoms with Crippen LogP contribution in [0.5, 0.6) is 0 Å². The quantitative estimate of drug-likeness (QED) is 0.487. The molecule has 0 aliphatic rings. The molecule has 0 radical (unpaired) electrons. The highest BCUT2D eigenvalue weighted by Crippen LogP contribution is 2.30. The first-order valence-corrected chi connectivity index (χ1v) is 9.13. The van der Waals surface area contributed by atoms with Crippen LogP contribution in [0.4, 0.5) is 10.8 Å². The third-order valence-corrected chi connectivity index (χ3v) is 5.28. The van der Waals surface area contributed by atoms with E-state index in [1.807, 2.05) is 24.3 Å². The van der Waals surface area contributed by atoms with E-state index in [0.717, 1.165) is 16.5 Å². The average molecular weight is 335 g/mol. The Kier molecular flexibility index (Phi) is 3.92. The van der Waals surface area contributed by atoms with Gasteiger partial charge in [0.15, 0.2) is 5.69 Å². The lowest BCUT2D eigenvalue weighted by molar-refractivity contribution is -0.563. The molecule has 0 atom stereocenters. The van der Waals surface area contributed by atoms with Gasteiger partial charge in [0.25, 0.3) is 0 Å². The molecular weight excluding hydrogens is 320 g/mol. The Morgan fingerprint density at radius 2 is 1.48 bits per heavy atom. The largest absolute Gasteiger partial charge is 0.344 e. The summed E-state index contributed by atoms with van der Waals surface area (Å²) < 4.78 is 2.28. The first kappa shape index (κ1) is 14.2. The van der Waals surface area contributed by atoms with Crippen molar-refractivity contribution in [2.45, 2.75) is 0 Å². The Labute approximate surface area is 143 Å².